The second kappa shape index (κ2) is 10.2. The predicted octanol–water partition coefficient (Wildman–Crippen LogP) is 1.09. The Morgan fingerprint density at radius 2 is 1.82 bits per heavy atom. The van der Waals surface area contributed by atoms with Crippen molar-refractivity contribution in [2.45, 2.75) is 59.0 Å². The smallest absolute Gasteiger partial charge is 0.305 e. The molecule has 22 heavy (non-hydrogen) atoms. The highest BCUT2D eigenvalue weighted by Crippen LogP contribution is 2.21. The van der Waals surface area contributed by atoms with E-state index in [2.05, 4.69) is 5.32 Å². The van der Waals surface area contributed by atoms with E-state index in [1.165, 1.54) is 0 Å². The Morgan fingerprint density at radius 3 is 2.36 bits per heavy atom. The maximum atomic E-state index is 11.8. The Balaban J connectivity index is 4.18. The van der Waals surface area contributed by atoms with Crippen LogP contribution in [0, 0.1) is 5.41 Å². The maximum Gasteiger partial charge on any atom is 0.305 e. The second-order valence-corrected chi connectivity index (χ2v) is 5.94. The van der Waals surface area contributed by atoms with Gasteiger partial charge in [0.05, 0.1) is 6.61 Å². The van der Waals surface area contributed by atoms with Gasteiger partial charge in [-0.25, -0.2) is 0 Å². The highest BCUT2D eigenvalue weighted by atomic mass is 16.5. The Bertz CT molecular complexity index is 380. The van der Waals surface area contributed by atoms with E-state index in [9.17, 15) is 19.5 Å². The third kappa shape index (κ3) is 8.61. The topological polar surface area (TPSA) is 113 Å². The fraction of sp³-hybridized carbons (Fsp3) is 0.800. The molecule has 1 unspecified atom stereocenters. The monoisotopic (exact) mass is 317 g/mol. The summed E-state index contributed by atoms with van der Waals surface area (Å²) in [6, 6.07) is 0. The van der Waals surface area contributed by atoms with Gasteiger partial charge in [0.1, 0.15) is 6.10 Å². The van der Waals surface area contributed by atoms with Crippen molar-refractivity contribution in [1.82, 2.24) is 5.32 Å². The molecule has 0 aromatic heterocycles. The standard InChI is InChI=1S/C15H27NO6/c1-4-5-8-12(19)22-10-15(2,3)13(20)14(21)16-9-6-7-11(17)18/h13,20H,4-10H2,1-3H3,(H,16,21)(H,17,18). The summed E-state index contributed by atoms with van der Waals surface area (Å²) in [6.07, 6.45) is 0.862. The molecular weight excluding hydrogens is 290 g/mol. The summed E-state index contributed by atoms with van der Waals surface area (Å²) in [6.45, 7) is 5.34. The molecule has 0 bridgehead atoms. The lowest BCUT2D eigenvalue weighted by molar-refractivity contribution is -0.153. The molecule has 0 aliphatic heterocycles. The van der Waals surface area contributed by atoms with Gasteiger partial charge in [0, 0.05) is 24.8 Å². The molecule has 0 aliphatic carbocycles. The van der Waals surface area contributed by atoms with Crippen molar-refractivity contribution in [2.75, 3.05) is 13.2 Å². The van der Waals surface area contributed by atoms with Gasteiger partial charge in [-0.15, -0.1) is 0 Å². The average molecular weight is 317 g/mol. The summed E-state index contributed by atoms with van der Waals surface area (Å²) in [5.74, 6) is -1.88. The van der Waals surface area contributed by atoms with Crippen LogP contribution in [0.2, 0.25) is 0 Å². The molecule has 0 aromatic rings. The molecule has 1 amide bonds. The van der Waals surface area contributed by atoms with Crippen LogP contribution >= 0.6 is 0 Å². The third-order valence-electron chi connectivity index (χ3n) is 3.19. The van der Waals surface area contributed by atoms with Gasteiger partial charge < -0.3 is 20.3 Å². The van der Waals surface area contributed by atoms with Gasteiger partial charge in [-0.3, -0.25) is 14.4 Å². The molecule has 128 valence electrons. The Labute approximate surface area is 131 Å². The van der Waals surface area contributed by atoms with Crippen molar-refractivity contribution in [3.05, 3.63) is 0 Å². The number of aliphatic carboxylic acids is 1. The number of rotatable bonds is 11. The number of hydrogen-bond donors (Lipinski definition) is 3. The zero-order valence-corrected chi connectivity index (χ0v) is 13.6. The summed E-state index contributed by atoms with van der Waals surface area (Å²) in [7, 11) is 0. The van der Waals surface area contributed by atoms with Crippen LogP contribution in [0.3, 0.4) is 0 Å². The molecule has 0 aromatic carbocycles. The lowest BCUT2D eigenvalue weighted by atomic mass is 9.87. The van der Waals surface area contributed by atoms with Crippen molar-refractivity contribution < 1.29 is 29.3 Å². The number of unbranched alkanes of at least 4 members (excludes halogenated alkanes) is 1. The van der Waals surface area contributed by atoms with Gasteiger partial charge in [0.2, 0.25) is 5.91 Å². The first-order valence-electron chi connectivity index (χ1n) is 7.54. The van der Waals surface area contributed by atoms with Crippen LogP contribution in [0.4, 0.5) is 0 Å². The molecule has 0 radical (unpaired) electrons. The van der Waals surface area contributed by atoms with E-state index < -0.39 is 23.4 Å². The number of carbonyl (C=O) groups excluding carboxylic acids is 2. The maximum absolute atomic E-state index is 11.8. The molecule has 7 nitrogen and oxygen atoms in total. The molecule has 0 heterocycles. The van der Waals surface area contributed by atoms with Crippen LogP contribution in [0.15, 0.2) is 0 Å². The summed E-state index contributed by atoms with van der Waals surface area (Å²) in [4.78, 5) is 33.6. The van der Waals surface area contributed by atoms with Gasteiger partial charge in [0.25, 0.3) is 0 Å². The van der Waals surface area contributed by atoms with Crippen LogP contribution < -0.4 is 5.32 Å². The number of aliphatic hydroxyl groups is 1. The fourth-order valence-corrected chi connectivity index (χ4v) is 1.64. The van der Waals surface area contributed by atoms with Gasteiger partial charge >= 0.3 is 11.9 Å². The summed E-state index contributed by atoms with van der Waals surface area (Å²) in [5, 5.41) is 21.0. The Kier molecular flexibility index (Phi) is 9.40. The van der Waals surface area contributed by atoms with Crippen molar-refractivity contribution in [1.29, 1.82) is 0 Å². The minimum absolute atomic E-state index is 0.0468. The fourth-order valence-electron chi connectivity index (χ4n) is 1.64. The van der Waals surface area contributed by atoms with Crippen molar-refractivity contribution in [2.24, 2.45) is 5.41 Å². The minimum atomic E-state index is -1.34. The quantitative estimate of drug-likeness (QED) is 0.388. The van der Waals surface area contributed by atoms with E-state index in [0.29, 0.717) is 12.8 Å². The third-order valence-corrected chi connectivity index (χ3v) is 3.19. The molecular formula is C15H27NO6. The van der Waals surface area contributed by atoms with E-state index in [4.69, 9.17) is 9.84 Å². The molecule has 0 saturated heterocycles. The number of aliphatic hydroxyl groups excluding tert-OH is 1. The van der Waals surface area contributed by atoms with E-state index >= 15 is 0 Å². The number of carboxylic acids is 1. The highest BCUT2D eigenvalue weighted by Gasteiger charge is 2.34. The number of carboxylic acid groups (broad SMARTS) is 1. The SMILES string of the molecule is CCCCC(=O)OCC(C)(C)C(O)C(=O)NCCCC(=O)O. The van der Waals surface area contributed by atoms with Crippen LogP contribution in [-0.4, -0.2) is 47.3 Å². The minimum Gasteiger partial charge on any atom is -0.481 e. The van der Waals surface area contributed by atoms with Gasteiger partial charge in [-0.2, -0.15) is 0 Å². The number of hydrogen-bond acceptors (Lipinski definition) is 5. The summed E-state index contributed by atoms with van der Waals surface area (Å²) in [5.41, 5.74) is -0.918. The molecule has 0 aliphatic rings. The number of amides is 1. The average Bonchev–Trinajstić information content (AvgIpc) is 2.46. The molecule has 1 atom stereocenters. The second-order valence-electron chi connectivity index (χ2n) is 5.94. The Morgan fingerprint density at radius 1 is 1.18 bits per heavy atom. The van der Waals surface area contributed by atoms with Gasteiger partial charge in [-0.05, 0) is 12.8 Å². The first-order valence-corrected chi connectivity index (χ1v) is 7.54. The Hall–Kier alpha value is -1.63. The van der Waals surface area contributed by atoms with Crippen LogP contribution in [0.5, 0.6) is 0 Å². The zero-order valence-electron chi connectivity index (χ0n) is 13.6. The van der Waals surface area contributed by atoms with Crippen LogP contribution in [-0.2, 0) is 19.1 Å². The molecule has 0 fully saturated rings. The summed E-state index contributed by atoms with van der Waals surface area (Å²) >= 11 is 0. The normalized spacial score (nSPS) is 12.5. The van der Waals surface area contributed by atoms with E-state index in [1.54, 1.807) is 13.8 Å². The number of esters is 1. The molecule has 0 saturated carbocycles. The van der Waals surface area contributed by atoms with Crippen molar-refractivity contribution in [3.63, 3.8) is 0 Å². The van der Waals surface area contributed by atoms with Gasteiger partial charge in [-0.1, -0.05) is 27.2 Å². The zero-order chi connectivity index (χ0) is 17.2. The molecule has 3 N–H and O–H groups in total. The molecule has 0 rings (SSSR count). The summed E-state index contributed by atoms with van der Waals surface area (Å²) < 4.78 is 5.08. The largest absolute Gasteiger partial charge is 0.481 e. The molecule has 7 heteroatoms. The van der Waals surface area contributed by atoms with Crippen molar-refractivity contribution in [3.8, 4) is 0 Å². The first kappa shape index (κ1) is 20.4. The van der Waals surface area contributed by atoms with Gasteiger partial charge in [0.15, 0.2) is 0 Å². The molecule has 0 spiro atoms. The lowest BCUT2D eigenvalue weighted by Gasteiger charge is -2.29. The van der Waals surface area contributed by atoms with E-state index in [1.807, 2.05) is 6.92 Å². The predicted molar refractivity (Wildman–Crippen MR) is 80.2 cm³/mol. The van der Waals surface area contributed by atoms with E-state index in [-0.39, 0.29) is 25.5 Å². The number of carbonyl (C=O) groups is 3. The highest BCUT2D eigenvalue weighted by molar-refractivity contribution is 5.81. The number of ether oxygens (including phenoxy) is 1. The number of nitrogens with one attached hydrogen (secondary N) is 1. The van der Waals surface area contributed by atoms with E-state index in [0.717, 1.165) is 12.8 Å². The first-order chi connectivity index (χ1) is 10.2. The van der Waals surface area contributed by atoms with Crippen molar-refractivity contribution >= 4 is 17.8 Å². The lowest BCUT2D eigenvalue weighted by Crippen LogP contribution is -2.46. The van der Waals surface area contributed by atoms with Crippen LogP contribution in [0.25, 0.3) is 0 Å². The van der Waals surface area contributed by atoms with Crippen LogP contribution in [0.1, 0.15) is 52.9 Å².